The molecule has 76 valence electrons. The van der Waals surface area contributed by atoms with Gasteiger partial charge in [0.25, 0.3) is 0 Å². The van der Waals surface area contributed by atoms with E-state index < -0.39 is 0 Å². The first kappa shape index (κ1) is 10.5. The molecule has 4 nitrogen and oxygen atoms in total. The Labute approximate surface area is 79.5 Å². The van der Waals surface area contributed by atoms with Crippen molar-refractivity contribution >= 4 is 5.91 Å². The summed E-state index contributed by atoms with van der Waals surface area (Å²) in [6, 6.07) is 0.509. The molecule has 0 atom stereocenters. The normalized spacial score (nSPS) is 17.8. The molecule has 0 aliphatic carbocycles. The molecule has 4 heteroatoms. The van der Waals surface area contributed by atoms with Gasteiger partial charge in [0.2, 0.25) is 5.91 Å². The molecular formula is C9H19N3O. The Morgan fingerprint density at radius 3 is 2.54 bits per heavy atom. The van der Waals surface area contributed by atoms with Crippen LogP contribution in [0.4, 0.5) is 0 Å². The largest absolute Gasteiger partial charge is 0.369 e. The van der Waals surface area contributed by atoms with Gasteiger partial charge in [0.1, 0.15) is 0 Å². The van der Waals surface area contributed by atoms with Crippen molar-refractivity contribution in [3.05, 3.63) is 0 Å². The van der Waals surface area contributed by atoms with Gasteiger partial charge < -0.3 is 11.1 Å². The molecule has 0 spiro atoms. The van der Waals surface area contributed by atoms with Crippen molar-refractivity contribution in [3.8, 4) is 0 Å². The lowest BCUT2D eigenvalue weighted by Crippen LogP contribution is -2.59. The summed E-state index contributed by atoms with van der Waals surface area (Å²) in [5.74, 6) is 0.354. The van der Waals surface area contributed by atoms with Crippen LogP contribution in [0.3, 0.4) is 0 Å². The minimum atomic E-state index is -0.229. The second-order valence-electron chi connectivity index (χ2n) is 4.10. The average Bonchev–Trinajstić information content (AvgIpc) is 1.78. The van der Waals surface area contributed by atoms with Crippen LogP contribution in [0.5, 0.6) is 0 Å². The van der Waals surface area contributed by atoms with E-state index >= 15 is 0 Å². The van der Waals surface area contributed by atoms with Crippen LogP contribution in [0.15, 0.2) is 0 Å². The zero-order valence-corrected chi connectivity index (χ0v) is 8.42. The minimum absolute atomic E-state index is 0.229. The minimum Gasteiger partial charge on any atom is -0.369 e. The summed E-state index contributed by atoms with van der Waals surface area (Å²) in [4.78, 5) is 13.0. The van der Waals surface area contributed by atoms with Crippen molar-refractivity contribution in [1.29, 1.82) is 0 Å². The molecule has 0 saturated carbocycles. The SMILES string of the molecule is CC(C)CN(CC(N)=O)C1CNC1. The number of nitrogens with zero attached hydrogens (tertiary/aromatic N) is 1. The number of nitrogens with one attached hydrogen (secondary N) is 1. The monoisotopic (exact) mass is 185 g/mol. The fourth-order valence-corrected chi connectivity index (χ4v) is 1.54. The highest BCUT2D eigenvalue weighted by Gasteiger charge is 2.25. The summed E-state index contributed by atoms with van der Waals surface area (Å²) in [5.41, 5.74) is 5.18. The maximum absolute atomic E-state index is 10.8. The molecule has 0 aromatic rings. The van der Waals surface area contributed by atoms with Gasteiger partial charge in [-0.15, -0.1) is 0 Å². The first-order valence-electron chi connectivity index (χ1n) is 4.82. The second-order valence-corrected chi connectivity index (χ2v) is 4.10. The highest BCUT2D eigenvalue weighted by Crippen LogP contribution is 2.07. The molecule has 1 heterocycles. The van der Waals surface area contributed by atoms with E-state index in [1.807, 2.05) is 0 Å². The molecule has 1 fully saturated rings. The van der Waals surface area contributed by atoms with Gasteiger partial charge in [0, 0.05) is 25.7 Å². The number of carbonyl (C=O) groups is 1. The van der Waals surface area contributed by atoms with Crippen LogP contribution in [-0.2, 0) is 4.79 Å². The van der Waals surface area contributed by atoms with E-state index in [0.29, 0.717) is 18.5 Å². The molecule has 1 saturated heterocycles. The molecule has 0 radical (unpaired) electrons. The third-order valence-electron chi connectivity index (χ3n) is 2.23. The Kier molecular flexibility index (Phi) is 3.69. The van der Waals surface area contributed by atoms with Gasteiger partial charge in [0.15, 0.2) is 0 Å². The number of primary amides is 1. The molecule has 3 N–H and O–H groups in total. The van der Waals surface area contributed by atoms with Crippen molar-refractivity contribution < 1.29 is 4.79 Å². The Bertz CT molecular complexity index is 178. The molecular weight excluding hydrogens is 166 g/mol. The van der Waals surface area contributed by atoms with E-state index in [9.17, 15) is 4.79 Å². The summed E-state index contributed by atoms with van der Waals surface area (Å²) < 4.78 is 0. The van der Waals surface area contributed by atoms with Crippen molar-refractivity contribution in [2.45, 2.75) is 19.9 Å². The summed E-state index contributed by atoms with van der Waals surface area (Å²) in [5, 5.41) is 3.19. The summed E-state index contributed by atoms with van der Waals surface area (Å²) in [6.07, 6.45) is 0. The lowest BCUT2D eigenvalue weighted by atomic mass is 10.1. The van der Waals surface area contributed by atoms with Crippen LogP contribution in [0.1, 0.15) is 13.8 Å². The summed E-state index contributed by atoms with van der Waals surface area (Å²) >= 11 is 0. The molecule has 13 heavy (non-hydrogen) atoms. The van der Waals surface area contributed by atoms with Crippen LogP contribution in [0.25, 0.3) is 0 Å². The molecule has 0 bridgehead atoms. The van der Waals surface area contributed by atoms with Crippen molar-refractivity contribution in [2.24, 2.45) is 11.7 Å². The van der Waals surface area contributed by atoms with E-state index in [-0.39, 0.29) is 5.91 Å². The van der Waals surface area contributed by atoms with E-state index in [2.05, 4.69) is 24.1 Å². The van der Waals surface area contributed by atoms with Gasteiger partial charge in [-0.2, -0.15) is 0 Å². The van der Waals surface area contributed by atoms with Gasteiger partial charge in [-0.05, 0) is 5.92 Å². The third kappa shape index (κ3) is 3.32. The Morgan fingerprint density at radius 1 is 1.62 bits per heavy atom. The quantitative estimate of drug-likeness (QED) is 0.601. The molecule has 0 aromatic heterocycles. The number of hydrogen-bond acceptors (Lipinski definition) is 3. The standard InChI is InChI=1S/C9H19N3O/c1-7(2)5-12(6-9(10)13)8-3-11-4-8/h7-8,11H,3-6H2,1-2H3,(H2,10,13). The summed E-state index contributed by atoms with van der Waals surface area (Å²) in [7, 11) is 0. The molecule has 1 amide bonds. The van der Waals surface area contributed by atoms with Gasteiger partial charge >= 0.3 is 0 Å². The topological polar surface area (TPSA) is 58.4 Å². The van der Waals surface area contributed by atoms with E-state index in [1.54, 1.807) is 0 Å². The summed E-state index contributed by atoms with van der Waals surface area (Å²) in [6.45, 7) is 7.62. The van der Waals surface area contributed by atoms with Crippen LogP contribution in [0.2, 0.25) is 0 Å². The second kappa shape index (κ2) is 4.58. The van der Waals surface area contributed by atoms with E-state index in [4.69, 9.17) is 5.73 Å². The molecule has 1 aliphatic heterocycles. The number of rotatable bonds is 5. The maximum Gasteiger partial charge on any atom is 0.231 e. The first-order chi connectivity index (χ1) is 6.09. The molecule has 0 aromatic carbocycles. The Morgan fingerprint density at radius 2 is 2.23 bits per heavy atom. The Hall–Kier alpha value is -0.610. The fraction of sp³-hybridized carbons (Fsp3) is 0.889. The third-order valence-corrected chi connectivity index (χ3v) is 2.23. The van der Waals surface area contributed by atoms with Gasteiger partial charge in [-0.3, -0.25) is 9.69 Å². The lowest BCUT2D eigenvalue weighted by Gasteiger charge is -2.38. The predicted molar refractivity (Wildman–Crippen MR) is 52.3 cm³/mol. The molecule has 0 unspecified atom stereocenters. The highest BCUT2D eigenvalue weighted by molar-refractivity contribution is 5.76. The zero-order valence-electron chi connectivity index (χ0n) is 8.42. The lowest BCUT2D eigenvalue weighted by molar-refractivity contribution is -0.120. The van der Waals surface area contributed by atoms with E-state index in [1.165, 1.54) is 0 Å². The van der Waals surface area contributed by atoms with Crippen molar-refractivity contribution in [1.82, 2.24) is 10.2 Å². The smallest absolute Gasteiger partial charge is 0.231 e. The fourth-order valence-electron chi connectivity index (χ4n) is 1.54. The molecule has 1 aliphatic rings. The zero-order chi connectivity index (χ0) is 9.84. The maximum atomic E-state index is 10.8. The van der Waals surface area contributed by atoms with Crippen LogP contribution in [0, 0.1) is 5.92 Å². The van der Waals surface area contributed by atoms with Gasteiger partial charge in [-0.1, -0.05) is 13.8 Å². The van der Waals surface area contributed by atoms with E-state index in [0.717, 1.165) is 19.6 Å². The van der Waals surface area contributed by atoms with Crippen LogP contribution < -0.4 is 11.1 Å². The average molecular weight is 185 g/mol. The first-order valence-corrected chi connectivity index (χ1v) is 4.82. The van der Waals surface area contributed by atoms with Crippen LogP contribution >= 0.6 is 0 Å². The van der Waals surface area contributed by atoms with Crippen molar-refractivity contribution in [2.75, 3.05) is 26.2 Å². The van der Waals surface area contributed by atoms with Gasteiger partial charge in [0.05, 0.1) is 6.54 Å². The molecule has 1 rings (SSSR count). The number of amides is 1. The number of carbonyl (C=O) groups excluding carboxylic acids is 1. The number of nitrogens with two attached hydrogens (primary N) is 1. The number of hydrogen-bond donors (Lipinski definition) is 2. The predicted octanol–water partition coefficient (Wildman–Crippen LogP) is -0.598. The Balaban J connectivity index is 2.37. The highest BCUT2D eigenvalue weighted by atomic mass is 16.1. The van der Waals surface area contributed by atoms with Crippen molar-refractivity contribution in [3.63, 3.8) is 0 Å². The van der Waals surface area contributed by atoms with Crippen LogP contribution in [-0.4, -0.2) is 43.0 Å². The van der Waals surface area contributed by atoms with Gasteiger partial charge in [-0.25, -0.2) is 0 Å².